The van der Waals surface area contributed by atoms with Crippen LogP contribution in [-0.4, -0.2) is 76.2 Å². The van der Waals surface area contributed by atoms with Gasteiger partial charge in [0.1, 0.15) is 17.6 Å². The van der Waals surface area contributed by atoms with Crippen LogP contribution < -0.4 is 0 Å². The van der Waals surface area contributed by atoms with Gasteiger partial charge in [0.15, 0.2) is 0 Å². The molecule has 4 heterocycles. The third-order valence-corrected chi connectivity index (χ3v) is 7.29. The van der Waals surface area contributed by atoms with E-state index >= 15 is 0 Å². The number of benzene rings is 1. The van der Waals surface area contributed by atoms with Gasteiger partial charge >= 0.3 is 5.97 Å². The average molecular weight is 467 g/mol. The van der Waals surface area contributed by atoms with Crippen molar-refractivity contribution in [2.45, 2.75) is 50.2 Å². The van der Waals surface area contributed by atoms with Crippen LogP contribution in [0.4, 0.5) is 0 Å². The predicted octanol–water partition coefficient (Wildman–Crippen LogP) is 1.44. The molecule has 2 saturated heterocycles. The molecule has 1 aromatic rings. The first-order chi connectivity index (χ1) is 16.5. The molecular weight excluding hydrogens is 436 g/mol. The number of β-amino-alcohol motifs (C(OH)–C–C–N with tert-alkyl or cyclic N) is 1. The Kier molecular flexibility index (Phi) is 6.04. The van der Waals surface area contributed by atoms with Gasteiger partial charge < -0.3 is 24.4 Å². The molecule has 0 aliphatic carbocycles. The molecule has 4 aliphatic heterocycles. The van der Waals surface area contributed by atoms with Gasteiger partial charge in [-0.25, -0.2) is 0 Å². The van der Waals surface area contributed by atoms with Crippen molar-refractivity contribution in [1.29, 1.82) is 0 Å². The fourth-order valence-electron chi connectivity index (χ4n) is 5.79. The van der Waals surface area contributed by atoms with Crippen LogP contribution in [0.25, 0.3) is 0 Å². The zero-order valence-electron chi connectivity index (χ0n) is 19.2. The maximum absolute atomic E-state index is 13.9. The molecule has 1 spiro atoms. The third kappa shape index (κ3) is 3.65. The van der Waals surface area contributed by atoms with Crippen LogP contribution in [0.3, 0.4) is 0 Å². The molecule has 2 fully saturated rings. The SMILES string of the molecule is CC1CC/C=C\[C@H]2OC34C=CCN(Cc5ccccc5)C(=O)[C@H]3N(CCO)C(=O)[C@@H]4C2C(=O)O1. The topological polar surface area (TPSA) is 96.4 Å². The van der Waals surface area contributed by atoms with Crippen LogP contribution >= 0.6 is 0 Å². The summed E-state index contributed by atoms with van der Waals surface area (Å²) in [6, 6.07) is 8.68. The minimum absolute atomic E-state index is 0.0114. The van der Waals surface area contributed by atoms with Gasteiger partial charge in [-0.05, 0) is 25.3 Å². The Morgan fingerprint density at radius 1 is 1.12 bits per heavy atom. The van der Waals surface area contributed by atoms with Gasteiger partial charge in [-0.2, -0.15) is 0 Å². The molecule has 5 rings (SSSR count). The number of allylic oxidation sites excluding steroid dienone is 1. The first kappa shape index (κ1) is 22.8. The maximum Gasteiger partial charge on any atom is 0.313 e. The Morgan fingerprint density at radius 2 is 1.91 bits per heavy atom. The molecule has 0 bridgehead atoms. The number of esters is 1. The quantitative estimate of drug-likeness (QED) is 0.533. The summed E-state index contributed by atoms with van der Waals surface area (Å²) in [7, 11) is 0. The second-order valence-electron chi connectivity index (χ2n) is 9.46. The largest absolute Gasteiger partial charge is 0.462 e. The van der Waals surface area contributed by atoms with E-state index in [0.29, 0.717) is 19.5 Å². The zero-order chi connectivity index (χ0) is 23.9. The molecule has 180 valence electrons. The van der Waals surface area contributed by atoms with E-state index in [1.807, 2.05) is 55.5 Å². The Hall–Kier alpha value is -2.97. The summed E-state index contributed by atoms with van der Waals surface area (Å²) in [5.74, 6) is -2.84. The highest BCUT2D eigenvalue weighted by Gasteiger charge is 2.71. The molecule has 0 saturated carbocycles. The van der Waals surface area contributed by atoms with Crippen molar-refractivity contribution in [3.63, 3.8) is 0 Å². The van der Waals surface area contributed by atoms with E-state index in [1.54, 1.807) is 11.0 Å². The van der Waals surface area contributed by atoms with E-state index in [0.717, 1.165) is 12.0 Å². The standard InChI is InChI=1S/C26H30N2O6/c1-17-8-5-6-11-19-20(25(32)33-17)21-23(30)28(14-15-29)22-24(31)27(13-7-12-26(21,22)34-19)16-18-9-3-2-4-10-18/h2-4,6-7,9-12,17,19-22,29H,5,8,13-16H2,1H3/b11-6-/t17?,19-,20?,21+,22-,26?/m1/s1. The van der Waals surface area contributed by atoms with Crippen LogP contribution in [0.1, 0.15) is 25.3 Å². The smallest absolute Gasteiger partial charge is 0.313 e. The van der Waals surface area contributed by atoms with E-state index in [2.05, 4.69) is 0 Å². The number of fused-ring (bicyclic) bond motifs is 2. The molecule has 0 radical (unpaired) electrons. The lowest BCUT2D eigenvalue weighted by Crippen LogP contribution is -2.55. The molecule has 1 N–H and O–H groups in total. The Bertz CT molecular complexity index is 1020. The van der Waals surface area contributed by atoms with Gasteiger partial charge in [-0.1, -0.05) is 54.6 Å². The summed E-state index contributed by atoms with van der Waals surface area (Å²) in [5, 5.41) is 9.71. The molecule has 4 aliphatic rings. The molecule has 1 aromatic carbocycles. The van der Waals surface area contributed by atoms with E-state index in [9.17, 15) is 19.5 Å². The molecule has 34 heavy (non-hydrogen) atoms. The first-order valence-electron chi connectivity index (χ1n) is 11.9. The number of aliphatic hydroxyl groups excluding tert-OH is 1. The molecular formula is C26H30N2O6. The molecule has 2 amide bonds. The highest BCUT2D eigenvalue weighted by atomic mass is 16.6. The highest BCUT2D eigenvalue weighted by molar-refractivity contribution is 5.99. The lowest BCUT2D eigenvalue weighted by Gasteiger charge is -2.35. The molecule has 8 heteroatoms. The van der Waals surface area contributed by atoms with E-state index in [1.165, 1.54) is 4.90 Å². The summed E-state index contributed by atoms with van der Waals surface area (Å²) in [6.45, 7) is 2.27. The van der Waals surface area contributed by atoms with E-state index in [4.69, 9.17) is 9.47 Å². The molecule has 8 nitrogen and oxygen atoms in total. The number of likely N-dealkylation sites (tertiary alicyclic amines) is 1. The number of amides is 2. The lowest BCUT2D eigenvalue weighted by molar-refractivity contribution is -0.158. The van der Waals surface area contributed by atoms with Gasteiger partial charge in [-0.15, -0.1) is 0 Å². The summed E-state index contributed by atoms with van der Waals surface area (Å²) in [4.78, 5) is 44.0. The van der Waals surface area contributed by atoms with Gasteiger partial charge in [-0.3, -0.25) is 14.4 Å². The first-order valence-corrected chi connectivity index (χ1v) is 11.9. The summed E-state index contributed by atoms with van der Waals surface area (Å²) >= 11 is 0. The molecule has 3 unspecified atom stereocenters. The van der Waals surface area contributed by atoms with Crippen molar-refractivity contribution in [3.8, 4) is 0 Å². The average Bonchev–Trinajstić information content (AvgIpc) is 3.22. The monoisotopic (exact) mass is 466 g/mol. The number of nitrogens with zero attached hydrogens (tertiary/aromatic N) is 2. The summed E-state index contributed by atoms with van der Waals surface area (Å²) in [5.41, 5.74) is -0.323. The van der Waals surface area contributed by atoms with E-state index < -0.39 is 35.6 Å². The molecule has 6 atom stereocenters. The minimum Gasteiger partial charge on any atom is -0.462 e. The van der Waals surface area contributed by atoms with Gasteiger partial charge in [0.25, 0.3) is 0 Å². The van der Waals surface area contributed by atoms with Crippen molar-refractivity contribution in [2.24, 2.45) is 11.8 Å². The Morgan fingerprint density at radius 3 is 2.68 bits per heavy atom. The number of cyclic esters (lactones) is 1. The number of rotatable bonds is 4. The van der Waals surface area contributed by atoms with Crippen molar-refractivity contribution >= 4 is 17.8 Å². The van der Waals surface area contributed by atoms with Crippen LogP contribution in [0.2, 0.25) is 0 Å². The number of hydrogen-bond donors (Lipinski definition) is 1. The number of carbonyl (C=O) groups is 3. The Labute approximate surface area is 198 Å². The van der Waals surface area contributed by atoms with Crippen LogP contribution in [0, 0.1) is 11.8 Å². The summed E-state index contributed by atoms with van der Waals surface area (Å²) < 4.78 is 12.2. The van der Waals surface area contributed by atoms with Crippen LogP contribution in [0.15, 0.2) is 54.6 Å². The van der Waals surface area contributed by atoms with Crippen molar-refractivity contribution in [1.82, 2.24) is 9.80 Å². The minimum atomic E-state index is -1.30. The summed E-state index contributed by atoms with van der Waals surface area (Å²) in [6.07, 6.45) is 7.93. The normalized spacial score (nSPS) is 36.1. The van der Waals surface area contributed by atoms with Gasteiger partial charge in [0.2, 0.25) is 11.8 Å². The maximum atomic E-state index is 13.9. The third-order valence-electron chi connectivity index (χ3n) is 7.29. The van der Waals surface area contributed by atoms with Crippen LogP contribution in [0.5, 0.6) is 0 Å². The fraction of sp³-hybridized carbons (Fsp3) is 0.500. The van der Waals surface area contributed by atoms with Crippen molar-refractivity contribution in [3.05, 3.63) is 60.2 Å². The number of carbonyl (C=O) groups excluding carboxylic acids is 3. The van der Waals surface area contributed by atoms with Crippen molar-refractivity contribution in [2.75, 3.05) is 19.7 Å². The predicted molar refractivity (Wildman–Crippen MR) is 122 cm³/mol. The van der Waals surface area contributed by atoms with Crippen LogP contribution in [-0.2, 0) is 30.4 Å². The fourth-order valence-corrected chi connectivity index (χ4v) is 5.79. The highest BCUT2D eigenvalue weighted by Crippen LogP contribution is 2.53. The lowest BCUT2D eigenvalue weighted by atomic mass is 9.78. The number of ether oxygens (including phenoxy) is 2. The molecule has 0 aromatic heterocycles. The Balaban J connectivity index is 1.55. The second-order valence-corrected chi connectivity index (χ2v) is 9.46. The second kappa shape index (κ2) is 9.00. The number of hydrogen-bond acceptors (Lipinski definition) is 6. The zero-order valence-corrected chi connectivity index (χ0v) is 19.2. The van der Waals surface area contributed by atoms with Gasteiger partial charge in [0.05, 0.1) is 24.7 Å². The van der Waals surface area contributed by atoms with Gasteiger partial charge in [0, 0.05) is 19.6 Å². The van der Waals surface area contributed by atoms with Crippen molar-refractivity contribution < 1.29 is 29.0 Å². The number of aliphatic hydroxyl groups is 1. The van der Waals surface area contributed by atoms with E-state index in [-0.39, 0.29) is 31.1 Å².